The summed E-state index contributed by atoms with van der Waals surface area (Å²) in [6.07, 6.45) is 0. The van der Waals surface area contributed by atoms with E-state index < -0.39 is 0 Å². The highest BCUT2D eigenvalue weighted by Crippen LogP contribution is 2.25. The largest absolute Gasteiger partial charge is 0.494 e. The Morgan fingerprint density at radius 2 is 1.71 bits per heavy atom. The second-order valence-electron chi connectivity index (χ2n) is 4.84. The number of hydrogen-bond donors (Lipinski definition) is 2. The van der Waals surface area contributed by atoms with Crippen molar-refractivity contribution in [3.63, 3.8) is 0 Å². The third kappa shape index (κ3) is 5.62. The Labute approximate surface area is 147 Å². The van der Waals surface area contributed by atoms with Gasteiger partial charge in [-0.25, -0.2) is 0 Å². The predicted octanol–water partition coefficient (Wildman–Crippen LogP) is 3.46. The zero-order valence-corrected chi connectivity index (χ0v) is 14.7. The van der Waals surface area contributed by atoms with E-state index in [1.54, 1.807) is 7.11 Å². The fourth-order valence-corrected chi connectivity index (χ4v) is 2.26. The Kier molecular flexibility index (Phi) is 7.17. The Morgan fingerprint density at radius 3 is 2.38 bits per heavy atom. The number of anilines is 1. The molecule has 0 aliphatic rings. The summed E-state index contributed by atoms with van der Waals surface area (Å²) in [5, 5.41) is 6.76. The molecule has 2 N–H and O–H groups in total. The second kappa shape index (κ2) is 9.62. The standard InChI is InChI=1S/C18H22N2O3S/c1-3-22-15-10-8-14(9-11-15)20-18(24)19-12-13-23-17-7-5-4-6-16(17)21-2/h4-11H,3,12-13H2,1-2H3,(H2,19,20,24). The van der Waals surface area contributed by atoms with Gasteiger partial charge < -0.3 is 24.8 Å². The third-order valence-electron chi connectivity index (χ3n) is 3.14. The first kappa shape index (κ1) is 17.9. The van der Waals surface area contributed by atoms with Gasteiger partial charge in [0.25, 0.3) is 0 Å². The van der Waals surface area contributed by atoms with Gasteiger partial charge in [-0.1, -0.05) is 12.1 Å². The van der Waals surface area contributed by atoms with Crippen LogP contribution in [-0.4, -0.2) is 32.0 Å². The molecule has 24 heavy (non-hydrogen) atoms. The summed E-state index contributed by atoms with van der Waals surface area (Å²) < 4.78 is 16.3. The molecule has 0 saturated heterocycles. The van der Waals surface area contributed by atoms with Crippen molar-refractivity contribution in [3.05, 3.63) is 48.5 Å². The van der Waals surface area contributed by atoms with E-state index in [0.29, 0.717) is 36.4 Å². The molecule has 2 aromatic carbocycles. The first-order chi connectivity index (χ1) is 11.7. The molecule has 5 nitrogen and oxygen atoms in total. The quantitative estimate of drug-likeness (QED) is 0.564. The zero-order valence-electron chi connectivity index (χ0n) is 13.9. The molecule has 128 valence electrons. The van der Waals surface area contributed by atoms with Gasteiger partial charge in [-0.05, 0) is 55.5 Å². The fraction of sp³-hybridized carbons (Fsp3) is 0.278. The van der Waals surface area contributed by atoms with Crippen molar-refractivity contribution in [3.8, 4) is 17.2 Å². The molecule has 0 fully saturated rings. The number of nitrogens with one attached hydrogen (secondary N) is 2. The van der Waals surface area contributed by atoms with Gasteiger partial charge in [0.1, 0.15) is 12.4 Å². The molecule has 0 amide bonds. The van der Waals surface area contributed by atoms with Gasteiger partial charge >= 0.3 is 0 Å². The lowest BCUT2D eigenvalue weighted by molar-refractivity contribution is 0.298. The number of thiocarbonyl (C=S) groups is 1. The van der Waals surface area contributed by atoms with Crippen LogP contribution in [0.25, 0.3) is 0 Å². The minimum atomic E-state index is 0.478. The SMILES string of the molecule is CCOc1ccc(NC(=S)NCCOc2ccccc2OC)cc1. The molecule has 0 unspecified atom stereocenters. The Bertz CT molecular complexity index is 647. The summed E-state index contributed by atoms with van der Waals surface area (Å²) in [5.74, 6) is 2.27. The average molecular weight is 346 g/mol. The molecule has 6 heteroatoms. The van der Waals surface area contributed by atoms with Crippen molar-refractivity contribution in [2.24, 2.45) is 0 Å². The Hall–Kier alpha value is -2.47. The van der Waals surface area contributed by atoms with Crippen LogP contribution in [0.5, 0.6) is 17.2 Å². The molecular weight excluding hydrogens is 324 g/mol. The normalized spacial score (nSPS) is 9.92. The van der Waals surface area contributed by atoms with Gasteiger partial charge in [-0.3, -0.25) is 0 Å². The van der Waals surface area contributed by atoms with Crippen molar-refractivity contribution in [1.82, 2.24) is 5.32 Å². The molecule has 2 aromatic rings. The highest BCUT2D eigenvalue weighted by atomic mass is 32.1. The third-order valence-corrected chi connectivity index (χ3v) is 3.38. The summed E-state index contributed by atoms with van der Waals surface area (Å²) in [5.41, 5.74) is 0.904. The van der Waals surface area contributed by atoms with Crippen LogP contribution in [0.2, 0.25) is 0 Å². The summed E-state index contributed by atoms with van der Waals surface area (Å²) in [7, 11) is 1.62. The molecule has 0 saturated carbocycles. The zero-order chi connectivity index (χ0) is 17.2. The number of hydrogen-bond acceptors (Lipinski definition) is 4. The van der Waals surface area contributed by atoms with Gasteiger partial charge in [0.15, 0.2) is 16.6 Å². The smallest absolute Gasteiger partial charge is 0.170 e. The van der Waals surface area contributed by atoms with E-state index in [1.165, 1.54) is 0 Å². The van der Waals surface area contributed by atoms with E-state index in [-0.39, 0.29) is 0 Å². The Morgan fingerprint density at radius 1 is 1.00 bits per heavy atom. The molecule has 0 atom stereocenters. The maximum Gasteiger partial charge on any atom is 0.170 e. The number of methoxy groups -OCH3 is 1. The topological polar surface area (TPSA) is 51.8 Å². The van der Waals surface area contributed by atoms with Crippen LogP contribution >= 0.6 is 12.2 Å². The van der Waals surface area contributed by atoms with Crippen LogP contribution in [0, 0.1) is 0 Å². The molecule has 0 aromatic heterocycles. The van der Waals surface area contributed by atoms with Gasteiger partial charge in [0, 0.05) is 5.69 Å². The van der Waals surface area contributed by atoms with Crippen LogP contribution in [0.1, 0.15) is 6.92 Å². The lowest BCUT2D eigenvalue weighted by Crippen LogP contribution is -2.31. The molecule has 0 radical (unpaired) electrons. The van der Waals surface area contributed by atoms with Crippen LogP contribution in [0.3, 0.4) is 0 Å². The molecule has 0 bridgehead atoms. The van der Waals surface area contributed by atoms with E-state index in [9.17, 15) is 0 Å². The molecular formula is C18H22N2O3S. The first-order valence-electron chi connectivity index (χ1n) is 7.76. The van der Waals surface area contributed by atoms with E-state index in [1.807, 2.05) is 55.5 Å². The van der Waals surface area contributed by atoms with E-state index in [0.717, 1.165) is 11.4 Å². The summed E-state index contributed by atoms with van der Waals surface area (Å²) in [6, 6.07) is 15.2. The van der Waals surface area contributed by atoms with Crippen molar-refractivity contribution < 1.29 is 14.2 Å². The van der Waals surface area contributed by atoms with Crippen molar-refractivity contribution in [1.29, 1.82) is 0 Å². The van der Waals surface area contributed by atoms with Gasteiger partial charge in [-0.2, -0.15) is 0 Å². The van der Waals surface area contributed by atoms with E-state index in [2.05, 4.69) is 10.6 Å². The minimum absolute atomic E-state index is 0.478. The summed E-state index contributed by atoms with van der Waals surface area (Å²) in [4.78, 5) is 0. The van der Waals surface area contributed by atoms with Crippen LogP contribution in [-0.2, 0) is 0 Å². The van der Waals surface area contributed by atoms with E-state index in [4.69, 9.17) is 26.4 Å². The van der Waals surface area contributed by atoms with Crippen LogP contribution in [0.4, 0.5) is 5.69 Å². The second-order valence-corrected chi connectivity index (χ2v) is 5.25. The molecule has 2 rings (SSSR count). The summed E-state index contributed by atoms with van der Waals surface area (Å²) >= 11 is 5.27. The maximum absolute atomic E-state index is 5.68. The number of ether oxygens (including phenoxy) is 3. The monoisotopic (exact) mass is 346 g/mol. The highest BCUT2D eigenvalue weighted by Gasteiger charge is 2.02. The number of para-hydroxylation sites is 2. The molecule has 0 heterocycles. The minimum Gasteiger partial charge on any atom is -0.494 e. The van der Waals surface area contributed by atoms with Crippen molar-refractivity contribution >= 4 is 23.0 Å². The lowest BCUT2D eigenvalue weighted by atomic mass is 10.3. The molecule has 0 aliphatic carbocycles. The van der Waals surface area contributed by atoms with Gasteiger partial charge in [0.05, 0.1) is 20.3 Å². The number of benzene rings is 2. The molecule has 0 aliphatic heterocycles. The highest BCUT2D eigenvalue weighted by molar-refractivity contribution is 7.80. The number of rotatable bonds is 8. The Balaban J connectivity index is 1.71. The predicted molar refractivity (Wildman–Crippen MR) is 100 cm³/mol. The maximum atomic E-state index is 5.68. The van der Waals surface area contributed by atoms with Crippen molar-refractivity contribution in [2.75, 3.05) is 32.2 Å². The fourth-order valence-electron chi connectivity index (χ4n) is 2.04. The van der Waals surface area contributed by atoms with Crippen LogP contribution < -0.4 is 24.8 Å². The summed E-state index contributed by atoms with van der Waals surface area (Å²) in [6.45, 7) is 3.67. The van der Waals surface area contributed by atoms with Gasteiger partial charge in [0.2, 0.25) is 0 Å². The first-order valence-corrected chi connectivity index (χ1v) is 8.17. The van der Waals surface area contributed by atoms with Crippen molar-refractivity contribution in [2.45, 2.75) is 6.92 Å². The molecule has 0 spiro atoms. The van der Waals surface area contributed by atoms with Gasteiger partial charge in [-0.15, -0.1) is 0 Å². The average Bonchev–Trinajstić information content (AvgIpc) is 2.61. The van der Waals surface area contributed by atoms with E-state index >= 15 is 0 Å². The lowest BCUT2D eigenvalue weighted by Gasteiger charge is -2.13. The van der Waals surface area contributed by atoms with Crippen LogP contribution in [0.15, 0.2) is 48.5 Å².